The highest BCUT2D eigenvalue weighted by atomic mass is 79.9. The van der Waals surface area contributed by atoms with Crippen LogP contribution in [-0.4, -0.2) is 24.8 Å². The van der Waals surface area contributed by atoms with Gasteiger partial charge < -0.3 is 0 Å². The normalized spacial score (nSPS) is 11.9. The van der Waals surface area contributed by atoms with Crippen LogP contribution in [0.1, 0.15) is 5.69 Å². The highest BCUT2D eigenvalue weighted by Crippen LogP contribution is 2.30. The summed E-state index contributed by atoms with van der Waals surface area (Å²) in [7, 11) is -1.91. The number of pyridine rings is 1. The minimum Gasteiger partial charge on any atom is -0.260 e. The van der Waals surface area contributed by atoms with Crippen LogP contribution in [0.4, 0.5) is 0 Å². The van der Waals surface area contributed by atoms with E-state index in [0.29, 0.717) is 8.68 Å². The first kappa shape index (κ1) is 13.7. The Morgan fingerprint density at radius 3 is 2.72 bits per heavy atom. The molecule has 2 rings (SSSR count). The monoisotopic (exact) mass is 346 g/mol. The summed E-state index contributed by atoms with van der Waals surface area (Å²) in [5.74, 6) is 0. The molecule has 0 saturated carbocycles. The summed E-state index contributed by atoms with van der Waals surface area (Å²) in [5.41, 5.74) is 0.719. The van der Waals surface area contributed by atoms with Crippen LogP contribution in [0, 0.1) is 0 Å². The Morgan fingerprint density at radius 1 is 1.39 bits per heavy atom. The van der Waals surface area contributed by atoms with Crippen molar-refractivity contribution in [3.8, 4) is 0 Å². The largest absolute Gasteiger partial charge is 0.260 e. The van der Waals surface area contributed by atoms with Crippen LogP contribution in [0.25, 0.3) is 0 Å². The van der Waals surface area contributed by atoms with Crippen molar-refractivity contribution in [1.82, 2.24) is 9.29 Å². The third-order valence-electron chi connectivity index (χ3n) is 2.34. The van der Waals surface area contributed by atoms with E-state index in [0.717, 1.165) is 5.69 Å². The highest BCUT2D eigenvalue weighted by Gasteiger charge is 2.24. The topological polar surface area (TPSA) is 50.3 Å². The smallest absolute Gasteiger partial charge is 0.253 e. The van der Waals surface area contributed by atoms with Crippen LogP contribution in [-0.2, 0) is 16.6 Å². The average Bonchev–Trinajstić information content (AvgIpc) is 2.77. The van der Waals surface area contributed by atoms with Gasteiger partial charge in [-0.1, -0.05) is 6.07 Å². The van der Waals surface area contributed by atoms with Crippen LogP contribution >= 0.6 is 27.3 Å². The lowest BCUT2D eigenvalue weighted by atomic mass is 10.3. The molecule has 0 aliphatic rings. The summed E-state index contributed by atoms with van der Waals surface area (Å²) >= 11 is 4.44. The van der Waals surface area contributed by atoms with Crippen molar-refractivity contribution < 1.29 is 8.42 Å². The van der Waals surface area contributed by atoms with Crippen molar-refractivity contribution in [2.45, 2.75) is 10.8 Å². The molecule has 96 valence electrons. The standard InChI is InChI=1S/C11H11BrN2O2S2/c1-14(8-9-4-2-3-6-13-9)18(15,16)11-10(12)5-7-17-11/h2-7H,8H2,1H3. The van der Waals surface area contributed by atoms with Crippen LogP contribution in [0.5, 0.6) is 0 Å². The number of rotatable bonds is 4. The van der Waals surface area contributed by atoms with Gasteiger partial charge in [-0.15, -0.1) is 11.3 Å². The van der Waals surface area contributed by atoms with E-state index in [-0.39, 0.29) is 6.54 Å². The van der Waals surface area contributed by atoms with Crippen molar-refractivity contribution in [2.75, 3.05) is 7.05 Å². The first-order valence-electron chi connectivity index (χ1n) is 5.11. The Kier molecular flexibility index (Phi) is 4.16. The average molecular weight is 347 g/mol. The van der Waals surface area contributed by atoms with Gasteiger partial charge in [0.15, 0.2) is 0 Å². The molecule has 7 heteroatoms. The Balaban J connectivity index is 2.24. The summed E-state index contributed by atoms with van der Waals surface area (Å²) in [6.45, 7) is 0.257. The first-order valence-corrected chi connectivity index (χ1v) is 8.22. The molecule has 0 unspecified atom stereocenters. The molecule has 0 atom stereocenters. The molecule has 0 saturated heterocycles. The van der Waals surface area contributed by atoms with Crippen LogP contribution in [0.15, 0.2) is 44.5 Å². The van der Waals surface area contributed by atoms with E-state index in [1.165, 1.54) is 15.6 Å². The molecule has 0 spiro atoms. The predicted octanol–water partition coefficient (Wildman–Crippen LogP) is 2.73. The summed E-state index contributed by atoms with van der Waals surface area (Å²) in [6.07, 6.45) is 1.65. The van der Waals surface area contributed by atoms with Crippen molar-refractivity contribution in [2.24, 2.45) is 0 Å². The molecule has 2 aromatic heterocycles. The fourth-order valence-electron chi connectivity index (χ4n) is 1.41. The zero-order chi connectivity index (χ0) is 13.2. The molecule has 0 radical (unpaired) electrons. The third-order valence-corrected chi connectivity index (χ3v) is 6.79. The molecule has 2 heterocycles. The molecule has 18 heavy (non-hydrogen) atoms. The number of aromatic nitrogens is 1. The molecule has 0 amide bonds. The Morgan fingerprint density at radius 2 is 2.17 bits per heavy atom. The van der Waals surface area contributed by atoms with Gasteiger partial charge in [-0.05, 0) is 39.5 Å². The summed E-state index contributed by atoms with van der Waals surface area (Å²) in [6, 6.07) is 7.17. The van der Waals surface area contributed by atoms with Gasteiger partial charge in [0.05, 0.1) is 12.2 Å². The molecular formula is C11H11BrN2O2S2. The van der Waals surface area contributed by atoms with Gasteiger partial charge in [0.1, 0.15) is 4.21 Å². The molecule has 0 fully saturated rings. The van der Waals surface area contributed by atoms with Crippen molar-refractivity contribution in [3.63, 3.8) is 0 Å². The SMILES string of the molecule is CN(Cc1ccccn1)S(=O)(=O)c1sccc1Br. The van der Waals surface area contributed by atoms with Crippen molar-refractivity contribution >= 4 is 37.3 Å². The molecule has 2 aromatic rings. The van der Waals surface area contributed by atoms with Gasteiger partial charge in [-0.2, -0.15) is 4.31 Å². The molecule has 0 bridgehead atoms. The van der Waals surface area contributed by atoms with Gasteiger partial charge >= 0.3 is 0 Å². The lowest BCUT2D eigenvalue weighted by molar-refractivity contribution is 0.463. The minimum atomic E-state index is -3.46. The fraction of sp³-hybridized carbons (Fsp3) is 0.182. The molecule has 0 N–H and O–H groups in total. The summed E-state index contributed by atoms with van der Waals surface area (Å²) < 4.78 is 26.8. The zero-order valence-electron chi connectivity index (χ0n) is 9.58. The zero-order valence-corrected chi connectivity index (χ0v) is 12.8. The molecule has 0 aliphatic carbocycles. The first-order chi connectivity index (χ1) is 8.51. The summed E-state index contributed by atoms with van der Waals surface area (Å²) in [4.78, 5) is 4.12. The second-order valence-electron chi connectivity index (χ2n) is 3.64. The second kappa shape index (κ2) is 5.48. The number of thiophene rings is 1. The quantitative estimate of drug-likeness (QED) is 0.855. The second-order valence-corrected chi connectivity index (χ2v) is 7.65. The maximum atomic E-state index is 12.3. The molecule has 0 aromatic carbocycles. The highest BCUT2D eigenvalue weighted by molar-refractivity contribution is 9.10. The maximum absolute atomic E-state index is 12.3. The van der Waals surface area contributed by atoms with Crippen LogP contribution in [0.2, 0.25) is 0 Å². The van der Waals surface area contributed by atoms with Gasteiger partial charge in [-0.25, -0.2) is 8.42 Å². The number of hydrogen-bond donors (Lipinski definition) is 0. The lowest BCUT2D eigenvalue weighted by Gasteiger charge is -2.15. The van der Waals surface area contributed by atoms with Crippen LogP contribution < -0.4 is 0 Å². The lowest BCUT2D eigenvalue weighted by Crippen LogP contribution is -2.26. The maximum Gasteiger partial charge on any atom is 0.253 e. The molecule has 0 aliphatic heterocycles. The van der Waals surface area contributed by atoms with E-state index < -0.39 is 10.0 Å². The fourth-order valence-corrected chi connectivity index (χ4v) is 5.05. The van der Waals surface area contributed by atoms with Crippen LogP contribution in [0.3, 0.4) is 0 Å². The Labute approximate surface area is 118 Å². The Bertz CT molecular complexity index is 626. The van der Waals surface area contributed by atoms with E-state index in [1.807, 2.05) is 6.07 Å². The number of sulfonamides is 1. The van der Waals surface area contributed by atoms with Crippen molar-refractivity contribution in [3.05, 3.63) is 46.0 Å². The van der Waals surface area contributed by atoms with E-state index in [1.54, 1.807) is 36.8 Å². The van der Waals surface area contributed by atoms with Gasteiger partial charge in [-0.3, -0.25) is 4.98 Å². The van der Waals surface area contributed by atoms with E-state index in [2.05, 4.69) is 20.9 Å². The van der Waals surface area contributed by atoms with Gasteiger partial charge in [0.2, 0.25) is 0 Å². The van der Waals surface area contributed by atoms with Crippen molar-refractivity contribution in [1.29, 1.82) is 0 Å². The molecular weight excluding hydrogens is 336 g/mol. The summed E-state index contributed by atoms with van der Waals surface area (Å²) in [5, 5.41) is 1.74. The Hall–Kier alpha value is -0.760. The number of halogens is 1. The molecule has 4 nitrogen and oxygen atoms in total. The predicted molar refractivity (Wildman–Crippen MR) is 74.9 cm³/mol. The third kappa shape index (κ3) is 2.80. The number of hydrogen-bond acceptors (Lipinski definition) is 4. The van der Waals surface area contributed by atoms with Gasteiger partial charge in [0.25, 0.3) is 10.0 Å². The van der Waals surface area contributed by atoms with E-state index >= 15 is 0 Å². The minimum absolute atomic E-state index is 0.257. The van der Waals surface area contributed by atoms with E-state index in [9.17, 15) is 8.42 Å². The number of nitrogens with zero attached hydrogens (tertiary/aromatic N) is 2. The van der Waals surface area contributed by atoms with Gasteiger partial charge in [0, 0.05) is 17.7 Å². The van der Waals surface area contributed by atoms with E-state index in [4.69, 9.17) is 0 Å².